The first-order valence-electron chi connectivity index (χ1n) is 6.52. The van der Waals surface area contributed by atoms with Crippen LogP contribution in [0.5, 0.6) is 5.75 Å². The molecule has 0 spiro atoms. The summed E-state index contributed by atoms with van der Waals surface area (Å²) < 4.78 is 5.63. The van der Waals surface area contributed by atoms with Gasteiger partial charge >= 0.3 is 0 Å². The normalized spacial score (nSPS) is 28.6. The third kappa shape index (κ3) is 2.81. The summed E-state index contributed by atoms with van der Waals surface area (Å²) in [7, 11) is 0. The Morgan fingerprint density at radius 2 is 1.82 bits per heavy atom. The largest absolute Gasteiger partial charge is 0.491 e. The van der Waals surface area contributed by atoms with Gasteiger partial charge in [-0.2, -0.15) is 0 Å². The summed E-state index contributed by atoms with van der Waals surface area (Å²) in [5.74, 6) is 1.79. The molecule has 0 aromatic heterocycles. The average molecular weight is 234 g/mol. The summed E-state index contributed by atoms with van der Waals surface area (Å²) in [4.78, 5) is 0. The van der Waals surface area contributed by atoms with Gasteiger partial charge in [-0.25, -0.2) is 0 Å². The minimum absolute atomic E-state index is 0.133. The minimum Gasteiger partial charge on any atom is -0.491 e. The van der Waals surface area contributed by atoms with E-state index in [1.165, 1.54) is 5.56 Å². The van der Waals surface area contributed by atoms with Crippen molar-refractivity contribution < 1.29 is 9.84 Å². The second kappa shape index (κ2) is 5.09. The lowest BCUT2D eigenvalue weighted by atomic mass is 9.89. The molecule has 2 heteroatoms. The van der Waals surface area contributed by atoms with Crippen LogP contribution in [0.15, 0.2) is 24.3 Å². The molecule has 0 radical (unpaired) electrons. The Labute approximate surface area is 104 Å². The average Bonchev–Trinajstić information content (AvgIpc) is 2.60. The van der Waals surface area contributed by atoms with Gasteiger partial charge in [-0.1, -0.05) is 19.1 Å². The van der Waals surface area contributed by atoms with Crippen molar-refractivity contribution >= 4 is 0 Å². The molecule has 3 atom stereocenters. The molecule has 1 aliphatic carbocycles. The van der Waals surface area contributed by atoms with Crippen molar-refractivity contribution in [2.75, 3.05) is 0 Å². The molecular weight excluding hydrogens is 212 g/mol. The molecule has 2 rings (SSSR count). The molecule has 3 unspecified atom stereocenters. The number of aliphatic hydroxyl groups excluding tert-OH is 1. The van der Waals surface area contributed by atoms with Crippen molar-refractivity contribution in [1.82, 2.24) is 0 Å². The standard InChI is InChI=1S/C15H22O2/c1-10(2)17-13-6-4-12(5-7-13)14-8-9-15(16)11(14)3/h4-7,10-11,14-16H,8-9H2,1-3H3. The molecule has 1 aliphatic rings. The lowest BCUT2D eigenvalue weighted by molar-refractivity contribution is 0.136. The van der Waals surface area contributed by atoms with Crippen LogP contribution in [0.2, 0.25) is 0 Å². The highest BCUT2D eigenvalue weighted by molar-refractivity contribution is 5.30. The molecule has 2 nitrogen and oxygen atoms in total. The summed E-state index contributed by atoms with van der Waals surface area (Å²) in [6.07, 6.45) is 2.10. The molecule has 1 fully saturated rings. The van der Waals surface area contributed by atoms with Crippen LogP contribution in [0.4, 0.5) is 0 Å². The van der Waals surface area contributed by atoms with Crippen LogP contribution in [0.25, 0.3) is 0 Å². The fourth-order valence-electron chi connectivity index (χ4n) is 2.68. The summed E-state index contributed by atoms with van der Waals surface area (Å²) in [5, 5.41) is 9.78. The SMILES string of the molecule is CC(C)Oc1ccc(C2CCC(O)C2C)cc1. The van der Waals surface area contributed by atoms with Gasteiger partial charge in [-0.05, 0) is 56.2 Å². The quantitative estimate of drug-likeness (QED) is 0.869. The predicted molar refractivity (Wildman–Crippen MR) is 69.4 cm³/mol. The Morgan fingerprint density at radius 3 is 2.29 bits per heavy atom. The van der Waals surface area contributed by atoms with Crippen LogP contribution in [0, 0.1) is 5.92 Å². The van der Waals surface area contributed by atoms with Crippen molar-refractivity contribution in [3.63, 3.8) is 0 Å². The zero-order valence-electron chi connectivity index (χ0n) is 10.9. The molecule has 1 saturated carbocycles. The number of hydrogen-bond acceptors (Lipinski definition) is 2. The van der Waals surface area contributed by atoms with Gasteiger partial charge in [-0.3, -0.25) is 0 Å². The number of rotatable bonds is 3. The van der Waals surface area contributed by atoms with Gasteiger partial charge < -0.3 is 9.84 Å². The topological polar surface area (TPSA) is 29.5 Å². The second-order valence-corrected chi connectivity index (χ2v) is 5.35. The maximum absolute atomic E-state index is 9.78. The van der Waals surface area contributed by atoms with E-state index < -0.39 is 0 Å². The molecule has 94 valence electrons. The van der Waals surface area contributed by atoms with Gasteiger partial charge in [0.15, 0.2) is 0 Å². The van der Waals surface area contributed by atoms with Gasteiger partial charge in [0.2, 0.25) is 0 Å². The van der Waals surface area contributed by atoms with Crippen molar-refractivity contribution in [2.24, 2.45) is 5.92 Å². The number of aliphatic hydroxyl groups is 1. The van der Waals surface area contributed by atoms with E-state index >= 15 is 0 Å². The number of benzene rings is 1. The monoisotopic (exact) mass is 234 g/mol. The van der Waals surface area contributed by atoms with Crippen molar-refractivity contribution in [2.45, 2.75) is 51.7 Å². The zero-order valence-corrected chi connectivity index (χ0v) is 10.9. The summed E-state index contributed by atoms with van der Waals surface area (Å²) >= 11 is 0. The molecule has 0 amide bonds. The first-order chi connectivity index (χ1) is 8.08. The fraction of sp³-hybridized carbons (Fsp3) is 0.600. The van der Waals surface area contributed by atoms with E-state index in [-0.39, 0.29) is 12.2 Å². The highest BCUT2D eigenvalue weighted by atomic mass is 16.5. The second-order valence-electron chi connectivity index (χ2n) is 5.35. The van der Waals surface area contributed by atoms with E-state index in [2.05, 4.69) is 19.1 Å². The van der Waals surface area contributed by atoms with E-state index in [1.807, 2.05) is 26.0 Å². The van der Waals surface area contributed by atoms with Gasteiger partial charge in [0.05, 0.1) is 12.2 Å². The molecule has 1 aromatic carbocycles. The van der Waals surface area contributed by atoms with Crippen LogP contribution in [0.3, 0.4) is 0 Å². The summed E-state index contributed by atoms with van der Waals surface area (Å²) in [6.45, 7) is 6.20. The first kappa shape index (κ1) is 12.4. The molecule has 0 aliphatic heterocycles. The van der Waals surface area contributed by atoms with Gasteiger partial charge in [0.25, 0.3) is 0 Å². The smallest absolute Gasteiger partial charge is 0.119 e. The van der Waals surface area contributed by atoms with Crippen molar-refractivity contribution in [3.8, 4) is 5.75 Å². The molecule has 17 heavy (non-hydrogen) atoms. The van der Waals surface area contributed by atoms with Gasteiger partial charge in [0.1, 0.15) is 5.75 Å². The Morgan fingerprint density at radius 1 is 1.18 bits per heavy atom. The van der Waals surface area contributed by atoms with Gasteiger partial charge in [0, 0.05) is 0 Å². The van der Waals surface area contributed by atoms with Gasteiger partial charge in [-0.15, -0.1) is 0 Å². The van der Waals surface area contributed by atoms with E-state index in [4.69, 9.17) is 4.74 Å². The van der Waals surface area contributed by atoms with E-state index in [9.17, 15) is 5.11 Å². The van der Waals surface area contributed by atoms with Crippen molar-refractivity contribution in [3.05, 3.63) is 29.8 Å². The van der Waals surface area contributed by atoms with Crippen LogP contribution in [-0.2, 0) is 0 Å². The number of ether oxygens (including phenoxy) is 1. The van der Waals surface area contributed by atoms with Crippen LogP contribution in [-0.4, -0.2) is 17.3 Å². The fourth-order valence-corrected chi connectivity index (χ4v) is 2.68. The maximum atomic E-state index is 9.78. The molecule has 0 heterocycles. The molecule has 1 aromatic rings. The summed E-state index contributed by atoms with van der Waals surface area (Å²) in [5.41, 5.74) is 1.32. The molecular formula is C15H22O2. The van der Waals surface area contributed by atoms with Crippen molar-refractivity contribution in [1.29, 1.82) is 0 Å². The zero-order chi connectivity index (χ0) is 12.4. The minimum atomic E-state index is -0.133. The van der Waals surface area contributed by atoms with E-state index in [0.717, 1.165) is 18.6 Å². The predicted octanol–water partition coefficient (Wildman–Crippen LogP) is 3.35. The Hall–Kier alpha value is -1.02. The Balaban J connectivity index is 2.08. The highest BCUT2D eigenvalue weighted by Crippen LogP contribution is 2.39. The molecule has 0 saturated heterocycles. The van der Waals surface area contributed by atoms with Crippen LogP contribution < -0.4 is 4.74 Å². The third-order valence-electron chi connectivity index (χ3n) is 3.70. The van der Waals surface area contributed by atoms with Crippen LogP contribution >= 0.6 is 0 Å². The molecule has 1 N–H and O–H groups in total. The van der Waals surface area contributed by atoms with E-state index in [1.54, 1.807) is 0 Å². The number of hydrogen-bond donors (Lipinski definition) is 1. The lowest BCUT2D eigenvalue weighted by Crippen LogP contribution is -2.14. The van der Waals surface area contributed by atoms with Crippen LogP contribution in [0.1, 0.15) is 45.1 Å². The molecule has 0 bridgehead atoms. The Kier molecular flexibility index (Phi) is 3.72. The Bertz CT molecular complexity index is 356. The maximum Gasteiger partial charge on any atom is 0.119 e. The lowest BCUT2D eigenvalue weighted by Gasteiger charge is -2.18. The van der Waals surface area contributed by atoms with E-state index in [0.29, 0.717) is 11.8 Å². The first-order valence-corrected chi connectivity index (χ1v) is 6.52. The third-order valence-corrected chi connectivity index (χ3v) is 3.70. The highest BCUT2D eigenvalue weighted by Gasteiger charge is 2.32. The summed E-state index contributed by atoms with van der Waals surface area (Å²) in [6, 6.07) is 8.34.